The number of aryl methyl sites for hydroxylation is 1. The van der Waals surface area contributed by atoms with Gasteiger partial charge in [-0.25, -0.2) is 8.42 Å². The number of carbonyl (C=O) groups excluding carboxylic acids is 2. The highest BCUT2D eigenvalue weighted by molar-refractivity contribution is 7.92. The summed E-state index contributed by atoms with van der Waals surface area (Å²) in [7, 11) is -2.66. The van der Waals surface area contributed by atoms with Crippen LogP contribution in [0.25, 0.3) is 0 Å². The second kappa shape index (κ2) is 13.5. The maximum Gasteiger partial charge on any atom is 0.264 e. The Bertz CT molecular complexity index is 1360. The zero-order valence-electron chi connectivity index (χ0n) is 22.6. The molecule has 3 aromatic carbocycles. The van der Waals surface area contributed by atoms with E-state index in [1.807, 2.05) is 45.0 Å². The summed E-state index contributed by atoms with van der Waals surface area (Å²) in [5.41, 5.74) is 2.17. The molecule has 1 N–H and O–H groups in total. The van der Waals surface area contributed by atoms with E-state index in [4.69, 9.17) is 16.3 Å². The number of hydrogen-bond donors (Lipinski definition) is 1. The zero-order valence-corrected chi connectivity index (χ0v) is 24.1. The normalized spacial score (nSPS) is 11.9. The summed E-state index contributed by atoms with van der Waals surface area (Å²) in [5.74, 6) is -0.272. The van der Waals surface area contributed by atoms with Gasteiger partial charge in [0.25, 0.3) is 10.0 Å². The van der Waals surface area contributed by atoms with Crippen molar-refractivity contribution in [2.24, 2.45) is 0 Å². The van der Waals surface area contributed by atoms with Gasteiger partial charge in [0, 0.05) is 18.6 Å². The first-order chi connectivity index (χ1) is 18.6. The molecule has 0 unspecified atom stereocenters. The molecule has 8 nitrogen and oxygen atoms in total. The van der Waals surface area contributed by atoms with Crippen LogP contribution in [-0.4, -0.2) is 51.4 Å². The van der Waals surface area contributed by atoms with Crippen LogP contribution in [0.3, 0.4) is 0 Å². The second-order valence-corrected chi connectivity index (χ2v) is 11.2. The molecule has 39 heavy (non-hydrogen) atoms. The van der Waals surface area contributed by atoms with E-state index >= 15 is 0 Å². The summed E-state index contributed by atoms with van der Waals surface area (Å²) >= 11 is 5.99. The lowest BCUT2D eigenvalue weighted by atomic mass is 10.1. The van der Waals surface area contributed by atoms with Crippen LogP contribution in [0.4, 0.5) is 5.69 Å². The lowest BCUT2D eigenvalue weighted by Gasteiger charge is -2.33. The molecule has 1 atom stereocenters. The minimum atomic E-state index is -4.18. The van der Waals surface area contributed by atoms with E-state index in [1.165, 1.54) is 36.2 Å². The standard InChI is InChI=1S/C29H34ClN3O5S/c1-5-27(29(35)31-4)32(19-22-9-7-21(3)8-10-22)28(34)20-33(24-13-15-25(16-14-24)38-6-2)39(36,37)26-17-11-23(30)12-18-26/h7-18,27H,5-6,19-20H2,1-4H3,(H,31,35)/t27-/m0/s1. The van der Waals surface area contributed by atoms with Crippen LogP contribution in [0.2, 0.25) is 5.02 Å². The van der Waals surface area contributed by atoms with E-state index in [0.29, 0.717) is 23.8 Å². The van der Waals surface area contributed by atoms with Gasteiger partial charge in [-0.05, 0) is 74.4 Å². The Hall–Kier alpha value is -3.56. The van der Waals surface area contributed by atoms with Crippen LogP contribution >= 0.6 is 11.6 Å². The number of nitrogens with one attached hydrogen (secondary N) is 1. The Labute approximate surface area is 235 Å². The molecule has 3 aromatic rings. The second-order valence-electron chi connectivity index (χ2n) is 8.94. The Kier molecular flexibility index (Phi) is 10.4. The molecule has 2 amide bonds. The van der Waals surface area contributed by atoms with Gasteiger partial charge in [0.05, 0.1) is 17.2 Å². The highest BCUT2D eigenvalue weighted by Gasteiger charge is 2.33. The van der Waals surface area contributed by atoms with Crippen molar-refractivity contribution in [3.05, 3.63) is 88.9 Å². The monoisotopic (exact) mass is 571 g/mol. The van der Waals surface area contributed by atoms with Crippen LogP contribution < -0.4 is 14.4 Å². The summed E-state index contributed by atoms with van der Waals surface area (Å²) in [5, 5.41) is 3.01. The number of sulfonamides is 1. The topological polar surface area (TPSA) is 96.0 Å². The molecular formula is C29H34ClN3O5S. The van der Waals surface area contributed by atoms with E-state index < -0.39 is 28.5 Å². The molecule has 0 saturated carbocycles. The van der Waals surface area contributed by atoms with Gasteiger partial charge in [-0.3, -0.25) is 13.9 Å². The number of likely N-dealkylation sites (N-methyl/N-ethyl adjacent to an activating group) is 1. The molecule has 3 rings (SSSR count). The minimum absolute atomic E-state index is 0.0167. The Morgan fingerprint density at radius 2 is 1.56 bits per heavy atom. The summed E-state index contributed by atoms with van der Waals surface area (Å²) in [6.07, 6.45) is 0.351. The predicted octanol–water partition coefficient (Wildman–Crippen LogP) is 4.80. The van der Waals surface area contributed by atoms with Gasteiger partial charge in [-0.1, -0.05) is 48.4 Å². The number of amides is 2. The van der Waals surface area contributed by atoms with Crippen molar-refractivity contribution in [1.29, 1.82) is 0 Å². The Balaban J connectivity index is 2.05. The zero-order chi connectivity index (χ0) is 28.6. The van der Waals surface area contributed by atoms with Gasteiger partial charge in [0.1, 0.15) is 18.3 Å². The third-order valence-electron chi connectivity index (χ3n) is 6.22. The largest absolute Gasteiger partial charge is 0.494 e. The molecule has 0 fully saturated rings. The maximum atomic E-state index is 13.9. The molecule has 10 heteroatoms. The van der Waals surface area contributed by atoms with Gasteiger partial charge in [-0.2, -0.15) is 0 Å². The first-order valence-electron chi connectivity index (χ1n) is 12.7. The Morgan fingerprint density at radius 1 is 0.949 bits per heavy atom. The van der Waals surface area contributed by atoms with Crippen LogP contribution in [0.15, 0.2) is 77.7 Å². The average Bonchev–Trinajstić information content (AvgIpc) is 2.93. The first kappa shape index (κ1) is 30.0. The number of carbonyl (C=O) groups is 2. The highest BCUT2D eigenvalue weighted by Crippen LogP contribution is 2.27. The summed E-state index contributed by atoms with van der Waals surface area (Å²) in [6, 6.07) is 19.1. The molecule has 0 saturated heterocycles. The third kappa shape index (κ3) is 7.52. The van der Waals surface area contributed by atoms with Crippen molar-refractivity contribution >= 4 is 39.1 Å². The van der Waals surface area contributed by atoms with Crippen LogP contribution in [0.1, 0.15) is 31.4 Å². The fourth-order valence-electron chi connectivity index (χ4n) is 4.11. The van der Waals surface area contributed by atoms with E-state index in [9.17, 15) is 18.0 Å². The fraction of sp³-hybridized carbons (Fsp3) is 0.310. The molecule has 208 valence electrons. The SMILES string of the molecule is CCOc1ccc(N(CC(=O)N(Cc2ccc(C)cc2)[C@@H](CC)C(=O)NC)S(=O)(=O)c2ccc(Cl)cc2)cc1. The smallest absolute Gasteiger partial charge is 0.264 e. The third-order valence-corrected chi connectivity index (χ3v) is 8.26. The van der Waals surface area contributed by atoms with Crippen molar-refractivity contribution in [1.82, 2.24) is 10.2 Å². The lowest BCUT2D eigenvalue weighted by Crippen LogP contribution is -2.51. The molecule has 0 bridgehead atoms. The van der Waals surface area contributed by atoms with Crippen molar-refractivity contribution < 1.29 is 22.7 Å². The number of benzene rings is 3. The first-order valence-corrected chi connectivity index (χ1v) is 14.5. The van der Waals surface area contributed by atoms with E-state index in [1.54, 1.807) is 24.3 Å². The summed E-state index contributed by atoms with van der Waals surface area (Å²) < 4.78 is 34.2. The Morgan fingerprint density at radius 3 is 2.10 bits per heavy atom. The van der Waals surface area contributed by atoms with Gasteiger partial charge in [-0.15, -0.1) is 0 Å². The number of ether oxygens (including phenoxy) is 1. The van der Waals surface area contributed by atoms with Gasteiger partial charge >= 0.3 is 0 Å². The minimum Gasteiger partial charge on any atom is -0.494 e. The van der Waals surface area contributed by atoms with Gasteiger partial charge in [0.2, 0.25) is 11.8 Å². The summed E-state index contributed by atoms with van der Waals surface area (Å²) in [4.78, 5) is 28.1. The number of nitrogens with zero attached hydrogens (tertiary/aromatic N) is 2. The van der Waals surface area contributed by atoms with Crippen LogP contribution in [-0.2, 0) is 26.2 Å². The quantitative estimate of drug-likeness (QED) is 0.337. The predicted molar refractivity (Wildman–Crippen MR) is 153 cm³/mol. The van der Waals surface area contributed by atoms with Crippen molar-refractivity contribution in [2.45, 2.75) is 44.7 Å². The number of rotatable bonds is 12. The molecule has 0 aromatic heterocycles. The summed E-state index contributed by atoms with van der Waals surface area (Å²) in [6.45, 7) is 5.70. The van der Waals surface area contributed by atoms with Crippen molar-refractivity contribution in [2.75, 3.05) is 24.5 Å². The maximum absolute atomic E-state index is 13.9. The van der Waals surface area contributed by atoms with E-state index in [0.717, 1.165) is 15.4 Å². The van der Waals surface area contributed by atoms with E-state index in [2.05, 4.69) is 5.32 Å². The molecule has 0 aliphatic carbocycles. The van der Waals surface area contributed by atoms with Crippen LogP contribution in [0, 0.1) is 6.92 Å². The molecule has 0 aliphatic heterocycles. The molecule has 0 heterocycles. The van der Waals surface area contributed by atoms with Crippen molar-refractivity contribution in [3.8, 4) is 5.75 Å². The average molecular weight is 572 g/mol. The van der Waals surface area contributed by atoms with Crippen LogP contribution in [0.5, 0.6) is 5.75 Å². The van der Waals surface area contributed by atoms with Crippen molar-refractivity contribution in [3.63, 3.8) is 0 Å². The fourth-order valence-corrected chi connectivity index (χ4v) is 5.65. The molecule has 0 aliphatic rings. The van der Waals surface area contributed by atoms with Gasteiger partial charge in [0.15, 0.2) is 0 Å². The van der Waals surface area contributed by atoms with Gasteiger partial charge < -0.3 is 15.0 Å². The van der Waals surface area contributed by atoms with E-state index in [-0.39, 0.29) is 23.0 Å². The highest BCUT2D eigenvalue weighted by atomic mass is 35.5. The molecule has 0 radical (unpaired) electrons. The molecule has 0 spiro atoms. The number of hydrogen-bond acceptors (Lipinski definition) is 5. The number of anilines is 1. The number of halogens is 1. The lowest BCUT2D eigenvalue weighted by molar-refractivity contribution is -0.140. The molecular weight excluding hydrogens is 538 g/mol.